The van der Waals surface area contributed by atoms with E-state index < -0.39 is 0 Å². The molecule has 1 aromatic heterocycles. The predicted molar refractivity (Wildman–Crippen MR) is 78.5 cm³/mol. The zero-order valence-electron chi connectivity index (χ0n) is 11.4. The SMILES string of the molecule is CC(C)NCCCN1CCN(c2nccs2)CC1. The Kier molecular flexibility index (Phi) is 5.41. The minimum Gasteiger partial charge on any atom is -0.346 e. The van der Waals surface area contributed by atoms with Gasteiger partial charge in [-0.15, -0.1) is 11.3 Å². The zero-order chi connectivity index (χ0) is 12.8. The van der Waals surface area contributed by atoms with E-state index in [2.05, 4.69) is 39.3 Å². The molecule has 0 unspecified atom stereocenters. The van der Waals surface area contributed by atoms with Crippen molar-refractivity contribution in [2.45, 2.75) is 26.3 Å². The molecular weight excluding hydrogens is 244 g/mol. The van der Waals surface area contributed by atoms with Gasteiger partial charge in [0.2, 0.25) is 0 Å². The molecule has 1 N–H and O–H groups in total. The highest BCUT2D eigenvalue weighted by Crippen LogP contribution is 2.18. The van der Waals surface area contributed by atoms with Gasteiger partial charge in [0.05, 0.1) is 0 Å². The van der Waals surface area contributed by atoms with Crippen molar-refractivity contribution in [1.29, 1.82) is 0 Å². The third kappa shape index (κ3) is 4.23. The first kappa shape index (κ1) is 13.8. The van der Waals surface area contributed by atoms with Gasteiger partial charge in [0.25, 0.3) is 0 Å². The summed E-state index contributed by atoms with van der Waals surface area (Å²) in [6.07, 6.45) is 3.14. The molecular formula is C13H24N4S. The molecule has 0 atom stereocenters. The lowest BCUT2D eigenvalue weighted by Gasteiger charge is -2.34. The van der Waals surface area contributed by atoms with Crippen molar-refractivity contribution in [3.05, 3.63) is 11.6 Å². The van der Waals surface area contributed by atoms with Gasteiger partial charge >= 0.3 is 0 Å². The van der Waals surface area contributed by atoms with Crippen molar-refractivity contribution < 1.29 is 0 Å². The van der Waals surface area contributed by atoms with Crippen LogP contribution in [0.4, 0.5) is 5.13 Å². The molecule has 0 aliphatic carbocycles. The van der Waals surface area contributed by atoms with Crippen LogP contribution in [0.25, 0.3) is 0 Å². The van der Waals surface area contributed by atoms with Crippen molar-refractivity contribution >= 4 is 16.5 Å². The van der Waals surface area contributed by atoms with Crippen LogP contribution in [0, 0.1) is 0 Å². The van der Waals surface area contributed by atoms with Crippen LogP contribution in [-0.4, -0.2) is 55.2 Å². The maximum absolute atomic E-state index is 4.38. The van der Waals surface area contributed by atoms with E-state index in [0.717, 1.165) is 19.6 Å². The Bertz CT molecular complexity index is 318. The van der Waals surface area contributed by atoms with Crippen LogP contribution in [0.2, 0.25) is 0 Å². The van der Waals surface area contributed by atoms with E-state index >= 15 is 0 Å². The number of hydrogen-bond acceptors (Lipinski definition) is 5. The van der Waals surface area contributed by atoms with E-state index in [1.165, 1.54) is 31.2 Å². The lowest BCUT2D eigenvalue weighted by atomic mass is 10.3. The van der Waals surface area contributed by atoms with Crippen LogP contribution >= 0.6 is 11.3 Å². The highest BCUT2D eigenvalue weighted by atomic mass is 32.1. The molecule has 102 valence electrons. The minimum atomic E-state index is 0.603. The second-order valence-corrected chi connectivity index (χ2v) is 5.98. The molecule has 2 heterocycles. The summed E-state index contributed by atoms with van der Waals surface area (Å²) in [5, 5.41) is 6.70. The Morgan fingerprint density at radius 3 is 2.72 bits per heavy atom. The fourth-order valence-corrected chi connectivity index (χ4v) is 2.93. The van der Waals surface area contributed by atoms with Crippen LogP contribution in [0.1, 0.15) is 20.3 Å². The van der Waals surface area contributed by atoms with E-state index in [1.54, 1.807) is 11.3 Å². The van der Waals surface area contributed by atoms with Gasteiger partial charge in [-0.2, -0.15) is 0 Å². The molecule has 1 fully saturated rings. The van der Waals surface area contributed by atoms with Crippen LogP contribution in [0.15, 0.2) is 11.6 Å². The zero-order valence-corrected chi connectivity index (χ0v) is 12.2. The molecule has 4 nitrogen and oxygen atoms in total. The summed E-state index contributed by atoms with van der Waals surface area (Å²) in [4.78, 5) is 9.33. The van der Waals surface area contributed by atoms with Gasteiger partial charge in [-0.05, 0) is 19.5 Å². The largest absolute Gasteiger partial charge is 0.346 e. The number of nitrogens with one attached hydrogen (secondary N) is 1. The molecule has 2 rings (SSSR count). The first-order valence-corrected chi connectivity index (χ1v) is 7.74. The molecule has 1 aliphatic rings. The van der Waals surface area contributed by atoms with Crippen LogP contribution < -0.4 is 10.2 Å². The summed E-state index contributed by atoms with van der Waals surface area (Å²) in [5.41, 5.74) is 0. The second-order valence-electron chi connectivity index (χ2n) is 5.11. The first-order chi connectivity index (χ1) is 8.75. The van der Waals surface area contributed by atoms with Crippen LogP contribution in [0.3, 0.4) is 0 Å². The van der Waals surface area contributed by atoms with E-state index in [-0.39, 0.29) is 0 Å². The average molecular weight is 268 g/mol. The summed E-state index contributed by atoms with van der Waals surface area (Å²) < 4.78 is 0. The van der Waals surface area contributed by atoms with E-state index in [9.17, 15) is 0 Å². The highest BCUT2D eigenvalue weighted by Gasteiger charge is 2.17. The smallest absolute Gasteiger partial charge is 0.185 e. The normalized spacial score (nSPS) is 17.6. The van der Waals surface area contributed by atoms with Crippen molar-refractivity contribution in [3.63, 3.8) is 0 Å². The van der Waals surface area contributed by atoms with E-state index in [1.807, 2.05) is 6.20 Å². The Morgan fingerprint density at radius 2 is 2.11 bits per heavy atom. The summed E-state index contributed by atoms with van der Waals surface area (Å²) in [6.45, 7) is 11.3. The van der Waals surface area contributed by atoms with Gasteiger partial charge in [0, 0.05) is 43.8 Å². The minimum absolute atomic E-state index is 0.603. The predicted octanol–water partition coefficient (Wildman–Crippen LogP) is 1.65. The Morgan fingerprint density at radius 1 is 1.33 bits per heavy atom. The molecule has 0 amide bonds. The molecule has 1 aromatic rings. The number of anilines is 1. The monoisotopic (exact) mass is 268 g/mol. The molecule has 1 saturated heterocycles. The molecule has 0 aromatic carbocycles. The number of hydrogen-bond donors (Lipinski definition) is 1. The molecule has 0 saturated carbocycles. The molecule has 0 bridgehead atoms. The number of aromatic nitrogens is 1. The average Bonchev–Trinajstić information content (AvgIpc) is 2.89. The van der Waals surface area contributed by atoms with Gasteiger partial charge in [0.1, 0.15) is 0 Å². The Balaban J connectivity index is 1.62. The maximum Gasteiger partial charge on any atom is 0.185 e. The molecule has 0 radical (unpaired) electrons. The fraction of sp³-hybridized carbons (Fsp3) is 0.769. The third-order valence-electron chi connectivity index (χ3n) is 3.27. The van der Waals surface area contributed by atoms with Crippen LogP contribution in [0.5, 0.6) is 0 Å². The van der Waals surface area contributed by atoms with Gasteiger partial charge in [-0.25, -0.2) is 4.98 Å². The van der Waals surface area contributed by atoms with Gasteiger partial charge in [0.15, 0.2) is 5.13 Å². The van der Waals surface area contributed by atoms with Crippen molar-refractivity contribution in [3.8, 4) is 0 Å². The Hall–Kier alpha value is -0.650. The summed E-state index contributed by atoms with van der Waals surface area (Å²) in [5.74, 6) is 0. The number of nitrogens with zero attached hydrogens (tertiary/aromatic N) is 3. The molecule has 1 aliphatic heterocycles. The third-order valence-corrected chi connectivity index (χ3v) is 4.10. The van der Waals surface area contributed by atoms with Gasteiger partial charge in [-0.3, -0.25) is 4.90 Å². The molecule has 0 spiro atoms. The standard InChI is InChI=1S/C13H24N4S/c1-12(2)14-4-3-6-16-7-9-17(10-8-16)13-15-5-11-18-13/h5,11-12,14H,3-4,6-10H2,1-2H3. The number of piperazine rings is 1. The lowest BCUT2D eigenvalue weighted by Crippen LogP contribution is -2.47. The van der Waals surface area contributed by atoms with Gasteiger partial charge < -0.3 is 10.2 Å². The van der Waals surface area contributed by atoms with E-state index in [4.69, 9.17) is 0 Å². The number of thiazole rings is 1. The van der Waals surface area contributed by atoms with Crippen molar-refractivity contribution in [2.75, 3.05) is 44.2 Å². The molecule has 5 heteroatoms. The lowest BCUT2D eigenvalue weighted by molar-refractivity contribution is 0.253. The quantitative estimate of drug-likeness (QED) is 0.795. The first-order valence-electron chi connectivity index (χ1n) is 6.86. The second kappa shape index (κ2) is 7.07. The molecule has 18 heavy (non-hydrogen) atoms. The fourth-order valence-electron chi connectivity index (χ4n) is 2.23. The van der Waals surface area contributed by atoms with Gasteiger partial charge in [-0.1, -0.05) is 13.8 Å². The summed E-state index contributed by atoms with van der Waals surface area (Å²) in [6, 6.07) is 0.603. The Labute approximate surface area is 114 Å². The maximum atomic E-state index is 4.38. The topological polar surface area (TPSA) is 31.4 Å². The van der Waals surface area contributed by atoms with Crippen LogP contribution in [-0.2, 0) is 0 Å². The van der Waals surface area contributed by atoms with Crippen molar-refractivity contribution in [2.24, 2.45) is 0 Å². The number of rotatable bonds is 6. The van der Waals surface area contributed by atoms with E-state index in [0.29, 0.717) is 6.04 Å². The summed E-state index contributed by atoms with van der Waals surface area (Å²) in [7, 11) is 0. The van der Waals surface area contributed by atoms with Crippen molar-refractivity contribution in [1.82, 2.24) is 15.2 Å². The summed E-state index contributed by atoms with van der Waals surface area (Å²) >= 11 is 1.74. The highest BCUT2D eigenvalue weighted by molar-refractivity contribution is 7.13.